The van der Waals surface area contributed by atoms with Crippen LogP contribution in [0.2, 0.25) is 0 Å². The van der Waals surface area contributed by atoms with Crippen molar-refractivity contribution < 1.29 is 4.52 Å². The molecule has 1 aliphatic rings. The largest absolute Gasteiger partial charge is 0.339 e. The van der Waals surface area contributed by atoms with E-state index in [0.29, 0.717) is 19.0 Å². The van der Waals surface area contributed by atoms with Crippen LogP contribution < -0.4 is 5.73 Å². The predicted molar refractivity (Wildman–Crippen MR) is 102 cm³/mol. The molecule has 0 unspecified atom stereocenters. The molecule has 5 nitrogen and oxygen atoms in total. The Bertz CT molecular complexity index is 598. The van der Waals surface area contributed by atoms with Crippen molar-refractivity contribution in [2.75, 3.05) is 19.6 Å². The van der Waals surface area contributed by atoms with Gasteiger partial charge < -0.3 is 10.3 Å². The fraction of sp³-hybridized carbons (Fsp3) is 0.579. The van der Waals surface area contributed by atoms with Crippen molar-refractivity contribution in [2.45, 2.75) is 51.0 Å². The molecule has 1 aliphatic carbocycles. The van der Waals surface area contributed by atoms with Gasteiger partial charge in [0.25, 0.3) is 0 Å². The number of hydrogen-bond donors (Lipinski definition) is 1. The minimum absolute atomic E-state index is 0. The van der Waals surface area contributed by atoms with Crippen LogP contribution in [0.1, 0.15) is 55.3 Å². The van der Waals surface area contributed by atoms with Gasteiger partial charge in [-0.3, -0.25) is 4.90 Å². The fourth-order valence-electron chi connectivity index (χ4n) is 3.43. The summed E-state index contributed by atoms with van der Waals surface area (Å²) in [6.45, 7) is 3.15. The zero-order valence-electron chi connectivity index (χ0n) is 14.8. The summed E-state index contributed by atoms with van der Waals surface area (Å²) in [4.78, 5) is 6.96. The van der Waals surface area contributed by atoms with E-state index in [1.54, 1.807) is 0 Å². The van der Waals surface area contributed by atoms with Crippen molar-refractivity contribution in [3.05, 3.63) is 47.6 Å². The number of nitrogens with two attached hydrogens (primary N) is 1. The summed E-state index contributed by atoms with van der Waals surface area (Å²) in [5, 5.41) is 4.20. The molecule has 2 N–H and O–H groups in total. The Labute approximate surface area is 156 Å². The highest BCUT2D eigenvalue weighted by Crippen LogP contribution is 2.31. The molecule has 25 heavy (non-hydrogen) atoms. The van der Waals surface area contributed by atoms with Crippen LogP contribution in [0.5, 0.6) is 0 Å². The average Bonchev–Trinajstić information content (AvgIpc) is 3.10. The molecule has 0 radical (unpaired) electrons. The topological polar surface area (TPSA) is 68.2 Å². The Balaban J connectivity index is 0.00000225. The van der Waals surface area contributed by atoms with Gasteiger partial charge in [0.05, 0.1) is 6.54 Å². The first-order valence-corrected chi connectivity index (χ1v) is 9.14. The van der Waals surface area contributed by atoms with Crippen LogP contribution in [0, 0.1) is 0 Å². The normalized spacial score (nSPS) is 15.3. The van der Waals surface area contributed by atoms with Gasteiger partial charge in [-0.15, -0.1) is 12.4 Å². The zero-order chi connectivity index (χ0) is 16.6. The van der Waals surface area contributed by atoms with E-state index in [0.717, 1.165) is 31.2 Å². The van der Waals surface area contributed by atoms with Gasteiger partial charge in [-0.2, -0.15) is 4.98 Å². The van der Waals surface area contributed by atoms with Gasteiger partial charge in [0, 0.05) is 25.6 Å². The summed E-state index contributed by atoms with van der Waals surface area (Å²) in [5.74, 6) is 2.09. The Morgan fingerprint density at radius 2 is 1.84 bits per heavy atom. The number of hydrogen-bond acceptors (Lipinski definition) is 5. The van der Waals surface area contributed by atoms with Crippen LogP contribution in [0.3, 0.4) is 0 Å². The van der Waals surface area contributed by atoms with Crippen LogP contribution >= 0.6 is 12.4 Å². The standard InChI is InChI=1S/C19H28N4O.ClH/c20-12-14-23(13-11-16-7-3-1-4-8-16)15-18-21-19(24-22-18)17-9-5-2-6-10-17;/h1,3-4,7-8,17H,2,5-6,9-15,20H2;1H. The highest BCUT2D eigenvalue weighted by Gasteiger charge is 2.22. The minimum atomic E-state index is 0. The fourth-order valence-corrected chi connectivity index (χ4v) is 3.43. The first-order valence-electron chi connectivity index (χ1n) is 9.14. The minimum Gasteiger partial charge on any atom is -0.339 e. The molecule has 1 fully saturated rings. The number of nitrogens with zero attached hydrogens (tertiary/aromatic N) is 3. The van der Waals surface area contributed by atoms with Crippen LogP contribution in [-0.2, 0) is 13.0 Å². The molecular weight excluding hydrogens is 336 g/mol. The molecule has 0 aliphatic heterocycles. The van der Waals surface area contributed by atoms with E-state index in [2.05, 4.69) is 39.3 Å². The predicted octanol–water partition coefficient (Wildman–Crippen LogP) is 3.54. The molecule has 1 saturated carbocycles. The van der Waals surface area contributed by atoms with E-state index in [9.17, 15) is 0 Å². The summed E-state index contributed by atoms with van der Waals surface area (Å²) < 4.78 is 5.53. The van der Waals surface area contributed by atoms with Crippen molar-refractivity contribution in [2.24, 2.45) is 5.73 Å². The highest BCUT2D eigenvalue weighted by molar-refractivity contribution is 5.85. The van der Waals surface area contributed by atoms with E-state index in [-0.39, 0.29) is 12.4 Å². The summed E-state index contributed by atoms with van der Waals surface area (Å²) in [7, 11) is 0. The first kappa shape index (κ1) is 19.9. The number of benzene rings is 1. The van der Waals surface area contributed by atoms with Gasteiger partial charge in [-0.05, 0) is 24.8 Å². The molecule has 0 atom stereocenters. The van der Waals surface area contributed by atoms with Gasteiger partial charge in [0.1, 0.15) is 0 Å². The lowest BCUT2D eigenvalue weighted by Crippen LogP contribution is -2.31. The molecule has 1 heterocycles. The number of halogens is 1. The molecule has 0 spiro atoms. The molecule has 0 bridgehead atoms. The van der Waals surface area contributed by atoms with Crippen molar-refractivity contribution in [1.82, 2.24) is 15.0 Å². The molecule has 0 amide bonds. The Morgan fingerprint density at radius 1 is 1.08 bits per heavy atom. The molecule has 138 valence electrons. The summed E-state index contributed by atoms with van der Waals surface area (Å²) in [5.41, 5.74) is 7.11. The maximum absolute atomic E-state index is 5.77. The Hall–Kier alpha value is -1.43. The first-order chi connectivity index (χ1) is 11.8. The van der Waals surface area contributed by atoms with Gasteiger partial charge in [-0.25, -0.2) is 0 Å². The second-order valence-electron chi connectivity index (χ2n) is 6.68. The lowest BCUT2D eigenvalue weighted by atomic mass is 9.89. The zero-order valence-corrected chi connectivity index (χ0v) is 15.6. The van der Waals surface area contributed by atoms with E-state index >= 15 is 0 Å². The molecule has 2 aromatic rings. The van der Waals surface area contributed by atoms with Crippen LogP contribution in [-0.4, -0.2) is 34.7 Å². The number of aromatic nitrogens is 2. The quantitative estimate of drug-likeness (QED) is 0.775. The SMILES string of the molecule is Cl.NCCN(CCc1ccccc1)Cc1noc(C2CCCCC2)n1. The molecule has 1 aromatic heterocycles. The van der Waals surface area contributed by atoms with E-state index in [1.165, 1.54) is 37.7 Å². The monoisotopic (exact) mass is 364 g/mol. The Morgan fingerprint density at radius 3 is 2.56 bits per heavy atom. The van der Waals surface area contributed by atoms with Gasteiger partial charge >= 0.3 is 0 Å². The van der Waals surface area contributed by atoms with E-state index in [4.69, 9.17) is 10.3 Å². The molecular formula is C19H29ClN4O. The average molecular weight is 365 g/mol. The summed E-state index contributed by atoms with van der Waals surface area (Å²) in [6.07, 6.45) is 7.26. The van der Waals surface area contributed by atoms with Gasteiger partial charge in [0.15, 0.2) is 5.82 Å². The van der Waals surface area contributed by atoms with Crippen molar-refractivity contribution in [1.29, 1.82) is 0 Å². The third-order valence-electron chi connectivity index (χ3n) is 4.81. The maximum Gasteiger partial charge on any atom is 0.229 e. The number of rotatable bonds is 8. The smallest absolute Gasteiger partial charge is 0.229 e. The second kappa shape index (κ2) is 10.5. The molecule has 6 heteroatoms. The molecule has 1 aromatic carbocycles. The van der Waals surface area contributed by atoms with Crippen LogP contribution in [0.4, 0.5) is 0 Å². The molecule has 3 rings (SSSR count). The Kier molecular flexibility index (Phi) is 8.38. The van der Waals surface area contributed by atoms with Crippen molar-refractivity contribution in [3.8, 4) is 0 Å². The lowest BCUT2D eigenvalue weighted by Gasteiger charge is -2.19. The van der Waals surface area contributed by atoms with E-state index in [1.807, 2.05) is 6.07 Å². The van der Waals surface area contributed by atoms with Gasteiger partial charge in [-0.1, -0.05) is 54.8 Å². The van der Waals surface area contributed by atoms with Gasteiger partial charge in [0.2, 0.25) is 5.89 Å². The lowest BCUT2D eigenvalue weighted by molar-refractivity contribution is 0.262. The maximum atomic E-state index is 5.77. The van der Waals surface area contributed by atoms with Crippen molar-refractivity contribution in [3.63, 3.8) is 0 Å². The van der Waals surface area contributed by atoms with E-state index < -0.39 is 0 Å². The highest BCUT2D eigenvalue weighted by atomic mass is 35.5. The van der Waals surface area contributed by atoms with Crippen LogP contribution in [0.25, 0.3) is 0 Å². The summed E-state index contributed by atoms with van der Waals surface area (Å²) in [6, 6.07) is 10.5. The van der Waals surface area contributed by atoms with Crippen molar-refractivity contribution >= 4 is 12.4 Å². The third-order valence-corrected chi connectivity index (χ3v) is 4.81. The summed E-state index contributed by atoms with van der Waals surface area (Å²) >= 11 is 0. The third kappa shape index (κ3) is 6.10. The second-order valence-corrected chi connectivity index (χ2v) is 6.68. The molecule has 0 saturated heterocycles. The van der Waals surface area contributed by atoms with Crippen LogP contribution in [0.15, 0.2) is 34.9 Å².